The first kappa shape index (κ1) is 13.1. The minimum absolute atomic E-state index is 0.0945. The van der Waals surface area contributed by atoms with Crippen molar-refractivity contribution in [3.63, 3.8) is 0 Å². The van der Waals surface area contributed by atoms with Crippen molar-refractivity contribution in [3.8, 4) is 0 Å². The molecule has 1 aromatic carbocycles. The summed E-state index contributed by atoms with van der Waals surface area (Å²) in [7, 11) is 2.03. The normalized spacial score (nSPS) is 10.2. The predicted octanol–water partition coefficient (Wildman–Crippen LogP) is 2.31. The fraction of sp³-hybridized carbons (Fsp3) is 0.200. The van der Waals surface area contributed by atoms with Gasteiger partial charge in [-0.05, 0) is 42.3 Å². The molecule has 3 N–H and O–H groups in total. The predicted molar refractivity (Wildman–Crippen MR) is 78.5 cm³/mol. The van der Waals surface area contributed by atoms with E-state index in [1.807, 2.05) is 50.6 Å². The SMILES string of the molecule is Cc1cncc(CN(C)c2ccc(C(=N)N)cc2)c1. The average molecular weight is 254 g/mol. The highest BCUT2D eigenvalue weighted by Gasteiger charge is 2.04. The van der Waals surface area contributed by atoms with Crippen LogP contribution in [0.4, 0.5) is 5.69 Å². The Morgan fingerprint density at radius 1 is 1.26 bits per heavy atom. The molecule has 1 heterocycles. The molecule has 0 saturated heterocycles. The van der Waals surface area contributed by atoms with Crippen molar-refractivity contribution in [2.24, 2.45) is 5.73 Å². The minimum Gasteiger partial charge on any atom is -0.384 e. The number of hydrogen-bond acceptors (Lipinski definition) is 3. The lowest BCUT2D eigenvalue weighted by Crippen LogP contribution is -2.17. The second-order valence-corrected chi connectivity index (χ2v) is 4.69. The topological polar surface area (TPSA) is 66.0 Å². The number of anilines is 1. The maximum absolute atomic E-state index is 7.37. The van der Waals surface area contributed by atoms with E-state index in [0.717, 1.165) is 23.4 Å². The Kier molecular flexibility index (Phi) is 3.80. The number of hydrogen-bond donors (Lipinski definition) is 2. The van der Waals surface area contributed by atoms with Gasteiger partial charge in [0.1, 0.15) is 5.84 Å². The Morgan fingerprint density at radius 3 is 2.53 bits per heavy atom. The van der Waals surface area contributed by atoms with E-state index >= 15 is 0 Å². The lowest BCUT2D eigenvalue weighted by Gasteiger charge is -2.19. The standard InChI is InChI=1S/C15H18N4/c1-11-7-12(9-18-8-11)10-19(2)14-5-3-13(4-6-14)15(16)17/h3-9H,10H2,1-2H3,(H3,16,17). The van der Waals surface area contributed by atoms with Crippen LogP contribution in [0.15, 0.2) is 42.7 Å². The Bertz CT molecular complexity index is 575. The Balaban J connectivity index is 2.11. The van der Waals surface area contributed by atoms with E-state index in [-0.39, 0.29) is 5.84 Å². The summed E-state index contributed by atoms with van der Waals surface area (Å²) in [5, 5.41) is 7.37. The van der Waals surface area contributed by atoms with Crippen LogP contribution in [-0.4, -0.2) is 17.9 Å². The molecule has 0 fully saturated rings. The summed E-state index contributed by atoms with van der Waals surface area (Å²) in [6, 6.07) is 9.80. The number of nitrogens with one attached hydrogen (secondary N) is 1. The summed E-state index contributed by atoms with van der Waals surface area (Å²) in [4.78, 5) is 6.34. The molecule has 2 rings (SSSR count). The van der Waals surface area contributed by atoms with Crippen LogP contribution in [0.3, 0.4) is 0 Å². The van der Waals surface area contributed by atoms with Gasteiger partial charge >= 0.3 is 0 Å². The van der Waals surface area contributed by atoms with E-state index in [0.29, 0.717) is 0 Å². The van der Waals surface area contributed by atoms with Crippen LogP contribution in [0.25, 0.3) is 0 Å². The molecule has 4 nitrogen and oxygen atoms in total. The first-order chi connectivity index (χ1) is 9.06. The second kappa shape index (κ2) is 5.52. The van der Waals surface area contributed by atoms with Gasteiger partial charge in [0, 0.05) is 37.2 Å². The van der Waals surface area contributed by atoms with E-state index in [2.05, 4.69) is 16.0 Å². The number of nitrogen functional groups attached to an aromatic ring is 1. The van der Waals surface area contributed by atoms with E-state index < -0.39 is 0 Å². The van der Waals surface area contributed by atoms with Gasteiger partial charge in [0.05, 0.1) is 0 Å². The molecule has 0 aliphatic carbocycles. The first-order valence-corrected chi connectivity index (χ1v) is 6.12. The van der Waals surface area contributed by atoms with Crippen LogP contribution in [0.1, 0.15) is 16.7 Å². The van der Waals surface area contributed by atoms with E-state index in [1.165, 1.54) is 5.56 Å². The summed E-state index contributed by atoms with van der Waals surface area (Å²) < 4.78 is 0. The zero-order chi connectivity index (χ0) is 13.8. The summed E-state index contributed by atoms with van der Waals surface area (Å²) in [6.45, 7) is 2.84. The third-order valence-electron chi connectivity index (χ3n) is 2.97. The Morgan fingerprint density at radius 2 is 1.95 bits per heavy atom. The first-order valence-electron chi connectivity index (χ1n) is 6.12. The van der Waals surface area contributed by atoms with E-state index in [9.17, 15) is 0 Å². The van der Waals surface area contributed by atoms with Crippen molar-refractivity contribution in [1.82, 2.24) is 4.98 Å². The molecule has 2 aromatic rings. The number of nitrogens with zero attached hydrogens (tertiary/aromatic N) is 2. The van der Waals surface area contributed by atoms with Gasteiger partial charge in [0.25, 0.3) is 0 Å². The fourth-order valence-electron chi connectivity index (χ4n) is 1.96. The molecule has 0 bridgehead atoms. The highest BCUT2D eigenvalue weighted by atomic mass is 15.1. The zero-order valence-electron chi connectivity index (χ0n) is 11.2. The molecule has 98 valence electrons. The van der Waals surface area contributed by atoms with Crippen molar-refractivity contribution in [1.29, 1.82) is 5.41 Å². The van der Waals surface area contributed by atoms with Crippen LogP contribution in [0.5, 0.6) is 0 Å². The monoisotopic (exact) mass is 254 g/mol. The largest absolute Gasteiger partial charge is 0.384 e. The maximum atomic E-state index is 7.37. The number of aromatic nitrogens is 1. The Hall–Kier alpha value is -2.36. The minimum atomic E-state index is 0.0945. The Labute approximate surface area is 113 Å². The van der Waals surface area contributed by atoms with Crippen LogP contribution < -0.4 is 10.6 Å². The molecule has 0 amide bonds. The van der Waals surface area contributed by atoms with Crippen molar-refractivity contribution in [2.75, 3.05) is 11.9 Å². The summed E-state index contributed by atoms with van der Waals surface area (Å²) in [6.07, 6.45) is 3.73. The van der Waals surface area contributed by atoms with Gasteiger partial charge in [-0.3, -0.25) is 10.4 Å². The smallest absolute Gasteiger partial charge is 0.122 e. The number of rotatable bonds is 4. The number of amidine groups is 1. The molecule has 0 saturated carbocycles. The lowest BCUT2D eigenvalue weighted by molar-refractivity contribution is 0.912. The number of aryl methyl sites for hydroxylation is 1. The zero-order valence-corrected chi connectivity index (χ0v) is 11.2. The number of nitrogens with two attached hydrogens (primary N) is 1. The van der Waals surface area contributed by atoms with Gasteiger partial charge < -0.3 is 10.6 Å². The molecule has 1 aromatic heterocycles. The van der Waals surface area contributed by atoms with Crippen molar-refractivity contribution < 1.29 is 0 Å². The molecule has 0 radical (unpaired) electrons. The van der Waals surface area contributed by atoms with Crippen LogP contribution in [0.2, 0.25) is 0 Å². The van der Waals surface area contributed by atoms with Gasteiger partial charge in [-0.25, -0.2) is 0 Å². The van der Waals surface area contributed by atoms with Gasteiger partial charge in [-0.2, -0.15) is 0 Å². The van der Waals surface area contributed by atoms with Gasteiger partial charge in [-0.15, -0.1) is 0 Å². The van der Waals surface area contributed by atoms with E-state index in [1.54, 1.807) is 0 Å². The van der Waals surface area contributed by atoms with Crippen LogP contribution >= 0.6 is 0 Å². The third kappa shape index (κ3) is 3.31. The third-order valence-corrected chi connectivity index (χ3v) is 2.97. The highest BCUT2D eigenvalue weighted by Crippen LogP contribution is 2.16. The maximum Gasteiger partial charge on any atom is 0.122 e. The summed E-state index contributed by atoms with van der Waals surface area (Å²) in [5.74, 6) is 0.0945. The van der Waals surface area contributed by atoms with Crippen molar-refractivity contribution in [3.05, 3.63) is 59.4 Å². The van der Waals surface area contributed by atoms with Gasteiger partial charge in [-0.1, -0.05) is 6.07 Å². The molecule has 4 heteroatoms. The molecule has 19 heavy (non-hydrogen) atoms. The molecule has 0 aliphatic heterocycles. The highest BCUT2D eigenvalue weighted by molar-refractivity contribution is 5.95. The van der Waals surface area contributed by atoms with E-state index in [4.69, 9.17) is 11.1 Å². The number of benzene rings is 1. The molecule has 0 aliphatic rings. The summed E-state index contributed by atoms with van der Waals surface area (Å²) in [5.41, 5.74) is 9.62. The molecule has 0 unspecified atom stereocenters. The van der Waals surface area contributed by atoms with Crippen molar-refractivity contribution >= 4 is 11.5 Å². The molecule has 0 spiro atoms. The number of pyridine rings is 1. The molecule has 0 atom stereocenters. The van der Waals surface area contributed by atoms with Crippen LogP contribution in [-0.2, 0) is 6.54 Å². The quantitative estimate of drug-likeness (QED) is 0.650. The second-order valence-electron chi connectivity index (χ2n) is 4.69. The van der Waals surface area contributed by atoms with Gasteiger partial charge in [0.2, 0.25) is 0 Å². The fourth-order valence-corrected chi connectivity index (χ4v) is 1.96. The molecular formula is C15H18N4. The average Bonchev–Trinajstić information content (AvgIpc) is 2.39. The lowest BCUT2D eigenvalue weighted by atomic mass is 10.1. The van der Waals surface area contributed by atoms with Gasteiger partial charge in [0.15, 0.2) is 0 Å². The van der Waals surface area contributed by atoms with Crippen LogP contribution in [0, 0.1) is 12.3 Å². The summed E-state index contributed by atoms with van der Waals surface area (Å²) >= 11 is 0. The van der Waals surface area contributed by atoms with Crippen molar-refractivity contribution in [2.45, 2.75) is 13.5 Å². The molecular weight excluding hydrogens is 236 g/mol.